The molecule has 3 rings (SSSR count). The van der Waals surface area contributed by atoms with Crippen molar-refractivity contribution in [1.82, 2.24) is 9.97 Å². The third kappa shape index (κ3) is 5.16. The van der Waals surface area contributed by atoms with Crippen LogP contribution in [-0.4, -0.2) is 21.8 Å². The maximum absolute atomic E-state index is 12.8. The topological polar surface area (TPSA) is 84.0 Å². The highest BCUT2D eigenvalue weighted by molar-refractivity contribution is 6.06. The Balaban J connectivity index is 1.73. The van der Waals surface area contributed by atoms with Gasteiger partial charge in [-0.2, -0.15) is 13.2 Å². The lowest BCUT2D eigenvalue weighted by atomic mass is 10.1. The number of carbonyl (C=O) groups is 2. The second-order valence-corrected chi connectivity index (χ2v) is 6.11. The number of aromatic nitrogens is 2. The lowest BCUT2D eigenvalue weighted by Crippen LogP contribution is -2.16. The van der Waals surface area contributed by atoms with Crippen molar-refractivity contribution in [3.8, 4) is 0 Å². The molecule has 3 aromatic rings. The molecule has 6 nitrogen and oxygen atoms in total. The van der Waals surface area contributed by atoms with Crippen molar-refractivity contribution in [2.75, 3.05) is 10.6 Å². The van der Waals surface area contributed by atoms with E-state index in [-0.39, 0.29) is 16.9 Å². The summed E-state index contributed by atoms with van der Waals surface area (Å²) >= 11 is 0. The van der Waals surface area contributed by atoms with Gasteiger partial charge in [-0.05, 0) is 43.3 Å². The number of aryl methyl sites for hydroxylation is 1. The van der Waals surface area contributed by atoms with Crippen LogP contribution in [0, 0.1) is 6.92 Å². The van der Waals surface area contributed by atoms with Gasteiger partial charge in [0.25, 0.3) is 11.8 Å². The van der Waals surface area contributed by atoms with Crippen LogP contribution < -0.4 is 10.6 Å². The Morgan fingerprint density at radius 1 is 0.862 bits per heavy atom. The lowest BCUT2D eigenvalue weighted by molar-refractivity contribution is -0.137. The minimum atomic E-state index is -4.51. The van der Waals surface area contributed by atoms with Crippen molar-refractivity contribution < 1.29 is 22.8 Å². The van der Waals surface area contributed by atoms with Gasteiger partial charge in [0.15, 0.2) is 0 Å². The molecule has 0 aliphatic carbocycles. The highest BCUT2D eigenvalue weighted by Gasteiger charge is 2.30. The molecule has 0 atom stereocenters. The van der Waals surface area contributed by atoms with Crippen LogP contribution in [0.3, 0.4) is 0 Å². The minimum Gasteiger partial charge on any atom is -0.322 e. The fourth-order valence-electron chi connectivity index (χ4n) is 2.42. The van der Waals surface area contributed by atoms with Gasteiger partial charge in [0.2, 0.25) is 0 Å². The molecule has 2 amide bonds. The van der Waals surface area contributed by atoms with Gasteiger partial charge in [-0.3, -0.25) is 14.6 Å². The Labute approximate surface area is 163 Å². The molecule has 0 aliphatic heterocycles. The van der Waals surface area contributed by atoms with Crippen LogP contribution in [-0.2, 0) is 6.18 Å². The number of benzene rings is 2. The normalized spacial score (nSPS) is 11.0. The Kier molecular flexibility index (Phi) is 5.58. The van der Waals surface area contributed by atoms with Gasteiger partial charge < -0.3 is 10.6 Å². The molecule has 9 heteroatoms. The first kappa shape index (κ1) is 20.0. The molecule has 0 radical (unpaired) electrons. The number of anilines is 2. The summed E-state index contributed by atoms with van der Waals surface area (Å²) in [6.07, 6.45) is -1.73. The number of alkyl halides is 3. The number of nitrogens with one attached hydrogen (secondary N) is 2. The number of rotatable bonds is 4. The second kappa shape index (κ2) is 8.09. The first-order valence-corrected chi connectivity index (χ1v) is 8.41. The molecule has 148 valence electrons. The number of amides is 2. The molecule has 1 aromatic heterocycles. The van der Waals surface area contributed by atoms with E-state index in [0.29, 0.717) is 11.4 Å². The van der Waals surface area contributed by atoms with Crippen molar-refractivity contribution in [2.24, 2.45) is 0 Å². The van der Waals surface area contributed by atoms with Crippen molar-refractivity contribution in [3.05, 3.63) is 83.4 Å². The van der Waals surface area contributed by atoms with E-state index in [2.05, 4.69) is 20.6 Å². The summed E-state index contributed by atoms with van der Waals surface area (Å²) in [5, 5.41) is 5.01. The van der Waals surface area contributed by atoms with Gasteiger partial charge in [-0.1, -0.05) is 12.1 Å². The van der Waals surface area contributed by atoms with Crippen LogP contribution in [0.15, 0.2) is 60.9 Å². The summed E-state index contributed by atoms with van der Waals surface area (Å²) in [6, 6.07) is 10.3. The SMILES string of the molecule is Cc1cnc(C(=O)Nc2cccc(C(=O)Nc3cccc(C(F)(F)F)c3)c2)cn1. The van der Waals surface area contributed by atoms with Crippen LogP contribution in [0.2, 0.25) is 0 Å². The van der Waals surface area contributed by atoms with Crippen molar-refractivity contribution in [3.63, 3.8) is 0 Å². The average molecular weight is 400 g/mol. The van der Waals surface area contributed by atoms with Gasteiger partial charge >= 0.3 is 6.18 Å². The molecule has 2 N–H and O–H groups in total. The van der Waals surface area contributed by atoms with Crippen LogP contribution in [0.4, 0.5) is 24.5 Å². The van der Waals surface area contributed by atoms with E-state index in [4.69, 9.17) is 0 Å². The zero-order chi connectivity index (χ0) is 21.0. The quantitative estimate of drug-likeness (QED) is 0.684. The summed E-state index contributed by atoms with van der Waals surface area (Å²) in [6.45, 7) is 1.74. The molecule has 29 heavy (non-hydrogen) atoms. The molecule has 1 heterocycles. The Morgan fingerprint density at radius 3 is 2.17 bits per heavy atom. The predicted octanol–water partition coefficient (Wildman–Crippen LogP) is 4.31. The second-order valence-electron chi connectivity index (χ2n) is 6.11. The van der Waals surface area contributed by atoms with E-state index in [1.54, 1.807) is 13.0 Å². The largest absolute Gasteiger partial charge is 0.416 e. The summed E-state index contributed by atoms with van der Waals surface area (Å²) in [4.78, 5) is 32.6. The summed E-state index contributed by atoms with van der Waals surface area (Å²) < 4.78 is 38.4. The maximum atomic E-state index is 12.8. The minimum absolute atomic E-state index is 0.00851. The van der Waals surface area contributed by atoms with E-state index in [1.807, 2.05) is 0 Å². The van der Waals surface area contributed by atoms with Gasteiger partial charge in [-0.15, -0.1) is 0 Å². The maximum Gasteiger partial charge on any atom is 0.416 e. The zero-order valence-electron chi connectivity index (χ0n) is 15.1. The fraction of sp³-hybridized carbons (Fsp3) is 0.100. The standard InChI is InChI=1S/C20H15F3N4O2/c1-12-10-25-17(11-24-12)19(29)27-15-6-2-4-13(8-15)18(28)26-16-7-3-5-14(9-16)20(21,22)23/h2-11H,1H3,(H,26,28)(H,27,29). The Bertz CT molecular complexity index is 1050. The Morgan fingerprint density at radius 2 is 1.52 bits per heavy atom. The van der Waals surface area contributed by atoms with Gasteiger partial charge in [0.1, 0.15) is 5.69 Å². The molecular weight excluding hydrogens is 385 g/mol. The Hall–Kier alpha value is -3.75. The monoisotopic (exact) mass is 400 g/mol. The molecular formula is C20H15F3N4O2. The smallest absolute Gasteiger partial charge is 0.322 e. The average Bonchev–Trinajstić information content (AvgIpc) is 2.68. The van der Waals surface area contributed by atoms with E-state index >= 15 is 0 Å². The number of nitrogens with zero attached hydrogens (tertiary/aromatic N) is 2. The summed E-state index contributed by atoms with van der Waals surface area (Å²) in [5.41, 5.74) is 0.401. The van der Waals surface area contributed by atoms with E-state index in [1.165, 1.54) is 42.7 Å². The van der Waals surface area contributed by atoms with Gasteiger partial charge in [-0.25, -0.2) is 4.98 Å². The molecule has 0 fully saturated rings. The number of hydrogen-bond donors (Lipinski definition) is 2. The molecule has 0 aliphatic rings. The first-order valence-electron chi connectivity index (χ1n) is 8.41. The van der Waals surface area contributed by atoms with Crippen molar-refractivity contribution in [2.45, 2.75) is 13.1 Å². The van der Waals surface area contributed by atoms with Gasteiger partial charge in [0.05, 0.1) is 17.5 Å². The van der Waals surface area contributed by atoms with Gasteiger partial charge in [0, 0.05) is 23.1 Å². The predicted molar refractivity (Wildman–Crippen MR) is 101 cm³/mol. The van der Waals surface area contributed by atoms with Crippen LogP contribution in [0.25, 0.3) is 0 Å². The van der Waals surface area contributed by atoms with Crippen LogP contribution in [0.1, 0.15) is 32.1 Å². The molecule has 2 aromatic carbocycles. The fourth-order valence-corrected chi connectivity index (χ4v) is 2.42. The van der Waals surface area contributed by atoms with Crippen LogP contribution >= 0.6 is 0 Å². The zero-order valence-corrected chi connectivity index (χ0v) is 15.1. The van der Waals surface area contributed by atoms with Crippen molar-refractivity contribution in [1.29, 1.82) is 0 Å². The van der Waals surface area contributed by atoms with E-state index < -0.39 is 23.6 Å². The lowest BCUT2D eigenvalue weighted by Gasteiger charge is -2.11. The number of carbonyl (C=O) groups excluding carboxylic acids is 2. The third-order valence-electron chi connectivity index (χ3n) is 3.84. The van der Waals surface area contributed by atoms with E-state index in [0.717, 1.165) is 12.1 Å². The van der Waals surface area contributed by atoms with Crippen LogP contribution in [0.5, 0.6) is 0 Å². The molecule has 0 spiro atoms. The van der Waals surface area contributed by atoms with Crippen molar-refractivity contribution >= 4 is 23.2 Å². The third-order valence-corrected chi connectivity index (χ3v) is 3.84. The highest BCUT2D eigenvalue weighted by atomic mass is 19.4. The molecule has 0 saturated heterocycles. The molecule has 0 saturated carbocycles. The highest BCUT2D eigenvalue weighted by Crippen LogP contribution is 2.30. The number of halogens is 3. The molecule has 0 bridgehead atoms. The number of hydrogen-bond acceptors (Lipinski definition) is 4. The first-order chi connectivity index (χ1) is 13.7. The summed E-state index contributed by atoms with van der Waals surface area (Å²) in [5.74, 6) is -1.12. The molecule has 0 unspecified atom stereocenters. The van der Waals surface area contributed by atoms with E-state index in [9.17, 15) is 22.8 Å². The summed E-state index contributed by atoms with van der Waals surface area (Å²) in [7, 11) is 0.